The monoisotopic (exact) mass is 631 g/mol. The van der Waals surface area contributed by atoms with Crippen molar-refractivity contribution in [2.75, 3.05) is 7.11 Å². The van der Waals surface area contributed by atoms with Gasteiger partial charge in [0.25, 0.3) is 0 Å². The molecule has 0 radical (unpaired) electrons. The van der Waals surface area contributed by atoms with E-state index in [2.05, 4.69) is 54.9 Å². The third-order valence-corrected chi connectivity index (χ3v) is 10.2. The summed E-state index contributed by atoms with van der Waals surface area (Å²) in [5, 5.41) is 35.1. The Morgan fingerprint density at radius 3 is 2.53 bits per heavy atom. The van der Waals surface area contributed by atoms with Crippen LogP contribution in [0.3, 0.4) is 0 Å². The molecular weight excluding hydrogens is 591 g/mol. The Balaban J connectivity index is 0.000000541. The first-order valence-corrected chi connectivity index (χ1v) is 15.2. The van der Waals surface area contributed by atoms with Crippen LogP contribution >= 0.6 is 11.3 Å². The number of carbonyl (C=O) groups is 2. The van der Waals surface area contributed by atoms with Gasteiger partial charge in [-0.05, 0) is 37.3 Å². The van der Waals surface area contributed by atoms with Gasteiger partial charge in [0.15, 0.2) is 6.10 Å². The minimum atomic E-state index is -5.08. The fraction of sp³-hybridized carbons (Fsp3) is 0.667. The van der Waals surface area contributed by atoms with E-state index < -0.39 is 48.1 Å². The van der Waals surface area contributed by atoms with Crippen LogP contribution < -0.4 is 5.32 Å². The van der Waals surface area contributed by atoms with Gasteiger partial charge in [-0.2, -0.15) is 13.2 Å². The zero-order valence-corrected chi connectivity index (χ0v) is 25.5. The van der Waals surface area contributed by atoms with Gasteiger partial charge in [-0.3, -0.25) is 0 Å². The van der Waals surface area contributed by atoms with E-state index in [0.717, 1.165) is 12.1 Å². The minimum Gasteiger partial charge on any atom is -0.475 e. The number of hydrogen-bond donors (Lipinski definition) is 4. The van der Waals surface area contributed by atoms with Crippen LogP contribution in [0.4, 0.5) is 13.2 Å². The number of carboxylic acids is 1. The lowest BCUT2D eigenvalue weighted by molar-refractivity contribution is -0.192. The van der Waals surface area contributed by atoms with Crippen molar-refractivity contribution in [2.24, 2.45) is 29.6 Å². The first kappa shape index (κ1) is 33.6. The molecule has 1 saturated carbocycles. The number of aliphatic hydroxyl groups excluding tert-OH is 2. The lowest BCUT2D eigenvalue weighted by Crippen LogP contribution is -2.59. The number of rotatable bonds is 5. The number of aliphatic carboxylic acids is 1. The minimum absolute atomic E-state index is 0.00299. The molecule has 12 atom stereocenters. The highest BCUT2D eigenvalue weighted by atomic mass is 32.1. The van der Waals surface area contributed by atoms with Crippen LogP contribution in [-0.2, 0) is 30.3 Å². The van der Waals surface area contributed by atoms with Gasteiger partial charge < -0.3 is 34.8 Å². The number of ether oxygens (including phenoxy) is 3. The normalized spacial score (nSPS) is 40.7. The van der Waals surface area contributed by atoms with E-state index in [0.29, 0.717) is 6.42 Å². The second-order valence-corrected chi connectivity index (χ2v) is 13.0. The molecule has 43 heavy (non-hydrogen) atoms. The Morgan fingerprint density at radius 1 is 1.30 bits per heavy atom. The predicted octanol–water partition coefficient (Wildman–Crippen LogP) is 3.70. The number of hydrogen-bond acceptors (Lipinski definition) is 9. The second-order valence-electron chi connectivity index (χ2n) is 11.9. The van der Waals surface area contributed by atoms with Crippen molar-refractivity contribution in [2.45, 2.75) is 89.0 Å². The molecule has 3 heterocycles. The lowest BCUT2D eigenvalue weighted by atomic mass is 9.57. The van der Waals surface area contributed by atoms with Gasteiger partial charge in [-0.25, -0.2) is 9.59 Å². The molecule has 240 valence electrons. The summed E-state index contributed by atoms with van der Waals surface area (Å²) >= 11 is 1.72. The van der Waals surface area contributed by atoms with Crippen molar-refractivity contribution in [1.29, 1.82) is 0 Å². The summed E-state index contributed by atoms with van der Waals surface area (Å²) in [6, 6.07) is 4.15. The smallest absolute Gasteiger partial charge is 0.475 e. The Morgan fingerprint density at radius 2 is 1.98 bits per heavy atom. The molecule has 5 rings (SSSR count). The molecule has 1 aromatic heterocycles. The van der Waals surface area contributed by atoms with Crippen LogP contribution in [0.5, 0.6) is 0 Å². The summed E-state index contributed by atoms with van der Waals surface area (Å²) in [5.41, 5.74) is 0.258. The van der Waals surface area contributed by atoms with Gasteiger partial charge in [-0.15, -0.1) is 11.3 Å². The molecule has 1 saturated heterocycles. The number of cyclic esters (lactones) is 1. The van der Waals surface area contributed by atoms with Crippen molar-refractivity contribution in [1.82, 2.24) is 5.32 Å². The van der Waals surface area contributed by atoms with Gasteiger partial charge in [0, 0.05) is 54.2 Å². The van der Waals surface area contributed by atoms with Gasteiger partial charge >= 0.3 is 18.1 Å². The number of carboxylic acid groups (broad SMARTS) is 1. The SMILES string of the molecule is CO[C@H]1C[C@H]2C=C[C@@H]3[C@H]4C(O)C(C)C(NCc5cccs5)[C@@H]3O[C@@]24/C(C)=C/[C@@H](C)[C@@H](C(C)O)OC1=O.O=C(O)C(F)(F)F. The standard InChI is InChI=1S/C28H39NO6S.C2HF3O2/c1-14-11-15(2)28-18(12-21(33-5)27(32)34-25(14)17(4)30)8-9-20-22(28)24(31)16(3)23(26(20)35-28)29-13-19-7-6-10-36-19;3-2(4,5)1(6)7/h6-11,14,16-18,20-26,29-31H,12-13H2,1-5H3;(H,6,7)/b15-11+;/t14-,16?,17?,18-,20-,21+,22+,23?,24?,25+,26-,28+;/m1./s1. The van der Waals surface area contributed by atoms with Crippen LogP contribution in [-0.4, -0.2) is 82.7 Å². The van der Waals surface area contributed by atoms with E-state index in [-0.39, 0.29) is 41.7 Å². The van der Waals surface area contributed by atoms with E-state index in [1.807, 2.05) is 6.92 Å². The number of aliphatic hydroxyl groups is 2. The van der Waals surface area contributed by atoms with E-state index >= 15 is 0 Å². The zero-order chi connectivity index (χ0) is 31.9. The maximum absolute atomic E-state index is 13.1. The predicted molar refractivity (Wildman–Crippen MR) is 151 cm³/mol. The molecule has 1 aromatic rings. The van der Waals surface area contributed by atoms with Gasteiger partial charge in [0.2, 0.25) is 0 Å². The number of alkyl halides is 3. The Bertz CT molecular complexity index is 1200. The average molecular weight is 632 g/mol. The van der Waals surface area contributed by atoms with Crippen molar-refractivity contribution in [3.8, 4) is 0 Å². The van der Waals surface area contributed by atoms with E-state index in [1.165, 1.54) is 12.0 Å². The Labute approximate surface area is 252 Å². The van der Waals surface area contributed by atoms with Crippen molar-refractivity contribution >= 4 is 23.3 Å². The summed E-state index contributed by atoms with van der Waals surface area (Å²) in [6.45, 7) is 8.49. The van der Waals surface area contributed by atoms with Crippen LogP contribution in [0, 0.1) is 29.6 Å². The molecule has 4 unspecified atom stereocenters. The molecule has 4 bridgehead atoms. The second kappa shape index (κ2) is 13.0. The largest absolute Gasteiger partial charge is 0.490 e. The van der Waals surface area contributed by atoms with E-state index in [9.17, 15) is 28.2 Å². The number of esters is 1. The highest BCUT2D eigenvalue weighted by Gasteiger charge is 2.68. The van der Waals surface area contributed by atoms with E-state index in [4.69, 9.17) is 24.1 Å². The third kappa shape index (κ3) is 6.43. The van der Waals surface area contributed by atoms with Crippen LogP contribution in [0.25, 0.3) is 0 Å². The molecule has 1 spiro atoms. The number of methoxy groups -OCH3 is 1. The molecule has 0 amide bonds. The molecule has 9 nitrogen and oxygen atoms in total. The molecule has 2 fully saturated rings. The topological polar surface area (TPSA) is 135 Å². The summed E-state index contributed by atoms with van der Waals surface area (Å²) in [4.78, 5) is 23.2. The van der Waals surface area contributed by atoms with Crippen LogP contribution in [0.1, 0.15) is 39.0 Å². The van der Waals surface area contributed by atoms with E-state index in [1.54, 1.807) is 18.3 Å². The lowest BCUT2D eigenvalue weighted by Gasteiger charge is -2.49. The molecular formula is C30H40F3NO8S. The molecule has 2 aliphatic heterocycles. The molecule has 4 aliphatic rings. The maximum atomic E-state index is 13.1. The van der Waals surface area contributed by atoms with Gasteiger partial charge in [0.05, 0.1) is 18.3 Å². The zero-order valence-electron chi connectivity index (χ0n) is 24.7. The Hall–Kier alpha value is -2.29. The third-order valence-electron chi connectivity index (χ3n) is 9.29. The number of carbonyl (C=O) groups excluding carboxylic acids is 1. The molecule has 4 N–H and O–H groups in total. The highest BCUT2D eigenvalue weighted by molar-refractivity contribution is 7.09. The van der Waals surface area contributed by atoms with Crippen LogP contribution in [0.15, 0.2) is 41.3 Å². The molecule has 2 aliphatic carbocycles. The number of halogens is 3. The number of thiophene rings is 1. The maximum Gasteiger partial charge on any atom is 0.490 e. The fourth-order valence-corrected chi connectivity index (χ4v) is 7.96. The van der Waals surface area contributed by atoms with Crippen molar-refractivity contribution in [3.05, 3.63) is 46.2 Å². The quantitative estimate of drug-likeness (QED) is 0.284. The van der Waals surface area contributed by atoms with Crippen molar-refractivity contribution in [3.63, 3.8) is 0 Å². The van der Waals surface area contributed by atoms with Crippen LogP contribution in [0.2, 0.25) is 0 Å². The molecule has 13 heteroatoms. The van der Waals surface area contributed by atoms with Gasteiger partial charge in [0.1, 0.15) is 11.7 Å². The summed E-state index contributed by atoms with van der Waals surface area (Å²) in [7, 11) is 1.51. The highest BCUT2D eigenvalue weighted by Crippen LogP contribution is 2.60. The first-order valence-electron chi connectivity index (χ1n) is 14.3. The van der Waals surface area contributed by atoms with Gasteiger partial charge in [-0.1, -0.05) is 38.1 Å². The Kier molecular flexibility index (Phi) is 10.1. The number of nitrogens with one attached hydrogen (secondary N) is 1. The molecule has 0 aromatic carbocycles. The fourth-order valence-electron chi connectivity index (χ4n) is 7.30. The van der Waals surface area contributed by atoms with Crippen molar-refractivity contribution < 1.29 is 52.3 Å². The summed E-state index contributed by atoms with van der Waals surface area (Å²) in [6.07, 6.45) is -1.28. The summed E-state index contributed by atoms with van der Waals surface area (Å²) in [5.74, 6) is -3.70. The first-order chi connectivity index (χ1) is 20.1. The summed E-state index contributed by atoms with van der Waals surface area (Å²) < 4.78 is 50.2. The average Bonchev–Trinajstić information content (AvgIpc) is 3.51.